The molecule has 0 saturated carbocycles. The number of amides is 1. The molecular weight excluding hydrogens is 122 g/mol. The van der Waals surface area contributed by atoms with Gasteiger partial charge < -0.3 is 9.90 Å². The van der Waals surface area contributed by atoms with E-state index in [4.69, 9.17) is 5.21 Å². The molecule has 0 spiro atoms. The molecule has 0 heterocycles. The van der Waals surface area contributed by atoms with Gasteiger partial charge >= 0.3 is 0 Å². The highest BCUT2D eigenvalue weighted by atomic mass is 16.6. The van der Waals surface area contributed by atoms with Gasteiger partial charge in [-0.3, -0.25) is 0 Å². The zero-order valence-corrected chi connectivity index (χ0v) is 5.79. The number of carbonyl (C=O) groups excluding carboxylic acids is 1. The first kappa shape index (κ1) is 8.39. The average molecular weight is 133 g/mol. The van der Waals surface area contributed by atoms with Crippen molar-refractivity contribution in [1.29, 1.82) is 0 Å². The molecule has 54 valence electrons. The summed E-state index contributed by atoms with van der Waals surface area (Å²) in [5.74, 6) is 0. The van der Waals surface area contributed by atoms with Gasteiger partial charge in [-0.1, -0.05) is 0 Å². The van der Waals surface area contributed by atoms with Crippen molar-refractivity contribution >= 4 is 6.09 Å². The van der Waals surface area contributed by atoms with Crippen LogP contribution in [0.2, 0.25) is 0 Å². The third-order valence-corrected chi connectivity index (χ3v) is 1.38. The molecule has 1 N–H and O–H groups in total. The molecule has 0 fully saturated rings. The van der Waals surface area contributed by atoms with Gasteiger partial charge in [0.2, 0.25) is 0 Å². The fourth-order valence-corrected chi connectivity index (χ4v) is 0.211. The Kier molecular flexibility index (Phi) is 2.17. The van der Waals surface area contributed by atoms with Crippen LogP contribution >= 0.6 is 0 Å². The van der Waals surface area contributed by atoms with Gasteiger partial charge in [-0.15, -0.1) is 4.65 Å². The number of nitrogens with zero attached hydrogens (tertiary/aromatic N) is 1. The fraction of sp³-hybridized carbons (Fsp3) is 0.800. The first-order valence-electron chi connectivity index (χ1n) is 2.69. The molecule has 0 aliphatic heterocycles. The fourth-order valence-electron chi connectivity index (χ4n) is 0.211. The SMILES string of the molecule is CC(C)[N+](C)(O)C(=O)[O-]. The average Bonchev–Trinajstić information content (AvgIpc) is 1.65. The molecule has 0 radical (unpaired) electrons. The third-order valence-electron chi connectivity index (χ3n) is 1.38. The summed E-state index contributed by atoms with van der Waals surface area (Å²) in [6, 6.07) is -0.380. The number of quaternary nitrogens is 1. The Balaban J connectivity index is 4.19. The van der Waals surface area contributed by atoms with Crippen LogP contribution in [0.3, 0.4) is 0 Å². The Morgan fingerprint density at radius 2 is 2.00 bits per heavy atom. The number of rotatable bonds is 1. The van der Waals surface area contributed by atoms with Crippen LogP contribution in [0, 0.1) is 0 Å². The van der Waals surface area contributed by atoms with Gasteiger partial charge in [0.05, 0.1) is 0 Å². The van der Waals surface area contributed by atoms with E-state index in [0.29, 0.717) is 0 Å². The normalized spacial score (nSPS) is 17.4. The molecular formula is C5H11NO3. The molecule has 0 aliphatic rings. The smallest absolute Gasteiger partial charge is 0.291 e. The lowest BCUT2D eigenvalue weighted by Gasteiger charge is -2.28. The first-order valence-corrected chi connectivity index (χ1v) is 2.69. The summed E-state index contributed by atoms with van der Waals surface area (Å²) in [4.78, 5) is 10.1. The minimum atomic E-state index is -1.48. The standard InChI is InChI=1S/C5H11NO3/c1-4(2)6(3,9)5(7)8/h4,9H,1-3H3. The lowest BCUT2D eigenvalue weighted by atomic mass is 10.3. The zero-order valence-electron chi connectivity index (χ0n) is 5.79. The van der Waals surface area contributed by atoms with Gasteiger partial charge in [-0.25, -0.2) is 5.21 Å². The second-order valence-electron chi connectivity index (χ2n) is 2.39. The summed E-state index contributed by atoms with van der Waals surface area (Å²) in [6.45, 7) is 3.19. The van der Waals surface area contributed by atoms with Crippen LogP contribution in [0.4, 0.5) is 4.79 Å². The van der Waals surface area contributed by atoms with E-state index in [1.165, 1.54) is 7.05 Å². The number of carboxylic acid groups (broad SMARTS) is 1. The summed E-state index contributed by atoms with van der Waals surface area (Å²) >= 11 is 0. The van der Waals surface area contributed by atoms with Crippen LogP contribution < -0.4 is 5.11 Å². The highest BCUT2D eigenvalue weighted by Gasteiger charge is 2.25. The van der Waals surface area contributed by atoms with E-state index >= 15 is 0 Å². The van der Waals surface area contributed by atoms with E-state index in [1.807, 2.05) is 0 Å². The summed E-state index contributed by atoms with van der Waals surface area (Å²) < 4.78 is -1.08. The van der Waals surface area contributed by atoms with Crippen LogP contribution in [0.15, 0.2) is 0 Å². The largest absolute Gasteiger partial charge is 0.496 e. The van der Waals surface area contributed by atoms with Gasteiger partial charge in [-0.05, 0) is 13.8 Å². The van der Waals surface area contributed by atoms with Gasteiger partial charge in [-0.2, -0.15) is 0 Å². The van der Waals surface area contributed by atoms with Crippen molar-refractivity contribution < 1.29 is 19.8 Å². The van der Waals surface area contributed by atoms with E-state index in [0.717, 1.165) is 0 Å². The van der Waals surface area contributed by atoms with Crippen molar-refractivity contribution in [2.75, 3.05) is 7.05 Å². The molecule has 0 rings (SSSR count). The van der Waals surface area contributed by atoms with Crippen LogP contribution in [-0.4, -0.2) is 29.0 Å². The summed E-state index contributed by atoms with van der Waals surface area (Å²) in [6.07, 6.45) is -1.48. The molecule has 9 heavy (non-hydrogen) atoms. The molecule has 1 atom stereocenters. The van der Waals surface area contributed by atoms with Crippen molar-refractivity contribution in [2.45, 2.75) is 19.9 Å². The van der Waals surface area contributed by atoms with Gasteiger partial charge in [0.1, 0.15) is 13.1 Å². The highest BCUT2D eigenvalue weighted by Crippen LogP contribution is 2.02. The Bertz CT molecular complexity index is 119. The number of carbonyl (C=O) groups is 1. The van der Waals surface area contributed by atoms with Gasteiger partial charge in [0.15, 0.2) is 0 Å². The maximum Gasteiger partial charge on any atom is 0.291 e. The molecule has 0 aromatic carbocycles. The lowest BCUT2D eigenvalue weighted by Crippen LogP contribution is -2.57. The Morgan fingerprint density at radius 1 is 1.67 bits per heavy atom. The van der Waals surface area contributed by atoms with Crippen molar-refractivity contribution in [1.82, 2.24) is 0 Å². The monoisotopic (exact) mass is 133 g/mol. The Labute approximate surface area is 53.9 Å². The van der Waals surface area contributed by atoms with Crippen molar-refractivity contribution in [3.05, 3.63) is 0 Å². The zero-order chi connectivity index (χ0) is 7.65. The molecule has 1 amide bonds. The Hall–Kier alpha value is -0.610. The third kappa shape index (κ3) is 1.65. The molecule has 1 unspecified atom stereocenters. The predicted molar refractivity (Wildman–Crippen MR) is 28.5 cm³/mol. The quantitative estimate of drug-likeness (QED) is 0.300. The number of hydrogen-bond acceptors (Lipinski definition) is 3. The molecule has 0 saturated heterocycles. The first-order chi connectivity index (χ1) is 3.89. The van der Waals surface area contributed by atoms with Gasteiger partial charge in [0.25, 0.3) is 6.09 Å². The van der Waals surface area contributed by atoms with Crippen molar-refractivity contribution in [2.24, 2.45) is 0 Å². The van der Waals surface area contributed by atoms with Crippen LogP contribution in [0.1, 0.15) is 13.8 Å². The van der Waals surface area contributed by atoms with E-state index in [1.54, 1.807) is 13.8 Å². The molecule has 0 aromatic heterocycles. The molecule has 4 heteroatoms. The predicted octanol–water partition coefficient (Wildman–Crippen LogP) is -0.426. The number of hydrogen-bond donors (Lipinski definition) is 1. The molecule has 4 nitrogen and oxygen atoms in total. The molecule has 0 aliphatic carbocycles. The van der Waals surface area contributed by atoms with Crippen LogP contribution in [-0.2, 0) is 0 Å². The molecule has 0 aromatic rings. The molecule has 0 bridgehead atoms. The second kappa shape index (κ2) is 2.33. The van der Waals surface area contributed by atoms with Gasteiger partial charge in [0, 0.05) is 0 Å². The van der Waals surface area contributed by atoms with E-state index < -0.39 is 10.7 Å². The summed E-state index contributed by atoms with van der Waals surface area (Å²) in [5.41, 5.74) is 0. The summed E-state index contributed by atoms with van der Waals surface area (Å²) in [7, 11) is 1.17. The van der Waals surface area contributed by atoms with Crippen molar-refractivity contribution in [3.63, 3.8) is 0 Å². The minimum Gasteiger partial charge on any atom is -0.496 e. The van der Waals surface area contributed by atoms with Crippen LogP contribution in [0.25, 0.3) is 0 Å². The summed E-state index contributed by atoms with van der Waals surface area (Å²) in [5, 5.41) is 19.0. The second-order valence-corrected chi connectivity index (χ2v) is 2.39. The van der Waals surface area contributed by atoms with Crippen LogP contribution in [0.5, 0.6) is 0 Å². The minimum absolute atomic E-state index is 0.380. The maximum atomic E-state index is 10.1. The highest BCUT2D eigenvalue weighted by molar-refractivity contribution is 5.52. The Morgan fingerprint density at radius 3 is 2.00 bits per heavy atom. The maximum absolute atomic E-state index is 10.1. The topological polar surface area (TPSA) is 60.4 Å². The van der Waals surface area contributed by atoms with Crippen molar-refractivity contribution in [3.8, 4) is 0 Å². The van der Waals surface area contributed by atoms with E-state index in [9.17, 15) is 9.90 Å². The van der Waals surface area contributed by atoms with E-state index in [-0.39, 0.29) is 6.04 Å². The number of hydroxylamine groups is 3. The van der Waals surface area contributed by atoms with E-state index in [2.05, 4.69) is 0 Å². The lowest BCUT2D eigenvalue weighted by molar-refractivity contribution is -1.05.